The molecule has 0 aliphatic rings. The summed E-state index contributed by atoms with van der Waals surface area (Å²) in [7, 11) is 0. The Hall–Kier alpha value is -2.28. The van der Waals surface area contributed by atoms with Crippen LogP contribution in [0.25, 0.3) is 5.69 Å². The van der Waals surface area contributed by atoms with Gasteiger partial charge in [-0.1, -0.05) is 0 Å². The number of aliphatic hydroxyl groups is 1. The first-order valence-electron chi connectivity index (χ1n) is 5.12. The molecule has 1 aromatic carbocycles. The molecule has 0 bridgehead atoms. The molecule has 94 valence electrons. The molecular formula is C11H10FN3O3. The van der Waals surface area contributed by atoms with E-state index in [0.29, 0.717) is 5.69 Å². The predicted molar refractivity (Wildman–Crippen MR) is 58.9 cm³/mol. The van der Waals surface area contributed by atoms with Gasteiger partial charge in [-0.3, -0.25) is 0 Å². The predicted octanol–water partition coefficient (Wildman–Crippen LogP) is 1.16. The maximum absolute atomic E-state index is 13.5. The molecule has 1 atom stereocenters. The van der Waals surface area contributed by atoms with Crippen LogP contribution in [0.2, 0.25) is 0 Å². The molecule has 6 nitrogen and oxygen atoms in total. The van der Waals surface area contributed by atoms with Crippen molar-refractivity contribution in [2.45, 2.75) is 13.0 Å². The fourth-order valence-corrected chi connectivity index (χ4v) is 1.39. The van der Waals surface area contributed by atoms with Crippen LogP contribution in [0.4, 0.5) is 4.39 Å². The minimum atomic E-state index is -1.34. The average Bonchev–Trinajstić information content (AvgIpc) is 2.77. The van der Waals surface area contributed by atoms with Crippen LogP contribution in [0.15, 0.2) is 24.4 Å². The summed E-state index contributed by atoms with van der Waals surface area (Å²) in [6, 6.07) is 3.55. The zero-order valence-electron chi connectivity index (χ0n) is 9.41. The molecule has 0 fully saturated rings. The van der Waals surface area contributed by atoms with E-state index in [4.69, 9.17) is 5.11 Å². The summed E-state index contributed by atoms with van der Waals surface area (Å²) in [5.74, 6) is -2.20. The Morgan fingerprint density at radius 1 is 1.50 bits per heavy atom. The van der Waals surface area contributed by atoms with Crippen molar-refractivity contribution in [3.05, 3.63) is 41.5 Å². The third kappa shape index (κ3) is 2.21. The summed E-state index contributed by atoms with van der Waals surface area (Å²) in [6.45, 7) is 1.53. The monoisotopic (exact) mass is 251 g/mol. The number of carbonyl (C=O) groups is 1. The van der Waals surface area contributed by atoms with Crippen molar-refractivity contribution >= 4 is 5.97 Å². The summed E-state index contributed by atoms with van der Waals surface area (Å²) in [4.78, 5) is 11.8. The molecule has 1 heterocycles. The van der Waals surface area contributed by atoms with Crippen LogP contribution in [0.1, 0.15) is 29.1 Å². The highest BCUT2D eigenvalue weighted by atomic mass is 19.1. The Bertz CT molecular complexity index is 595. The SMILES string of the molecule is C[C@H](O)c1cnn(-c2ccc(C(=O)O)c(F)c2)n1. The maximum Gasteiger partial charge on any atom is 0.338 e. The summed E-state index contributed by atoms with van der Waals surface area (Å²) >= 11 is 0. The number of carboxylic acid groups (broad SMARTS) is 1. The van der Waals surface area contributed by atoms with Gasteiger partial charge in [0.25, 0.3) is 0 Å². The third-order valence-electron chi connectivity index (χ3n) is 2.35. The summed E-state index contributed by atoms with van der Waals surface area (Å²) < 4.78 is 13.5. The van der Waals surface area contributed by atoms with Gasteiger partial charge >= 0.3 is 5.97 Å². The number of hydrogen-bond donors (Lipinski definition) is 2. The molecule has 2 aromatic rings. The molecule has 2 N–H and O–H groups in total. The van der Waals surface area contributed by atoms with E-state index in [-0.39, 0.29) is 5.69 Å². The second-order valence-corrected chi connectivity index (χ2v) is 3.70. The lowest BCUT2D eigenvalue weighted by Crippen LogP contribution is -2.05. The van der Waals surface area contributed by atoms with Crippen molar-refractivity contribution in [1.82, 2.24) is 15.0 Å². The highest BCUT2D eigenvalue weighted by Gasteiger charge is 2.13. The fourth-order valence-electron chi connectivity index (χ4n) is 1.39. The number of halogens is 1. The van der Waals surface area contributed by atoms with E-state index in [0.717, 1.165) is 16.9 Å². The van der Waals surface area contributed by atoms with Crippen LogP contribution in [0.5, 0.6) is 0 Å². The van der Waals surface area contributed by atoms with E-state index in [1.807, 2.05) is 0 Å². The van der Waals surface area contributed by atoms with Gasteiger partial charge in [0.1, 0.15) is 11.5 Å². The third-order valence-corrected chi connectivity index (χ3v) is 2.35. The first-order valence-corrected chi connectivity index (χ1v) is 5.12. The van der Waals surface area contributed by atoms with Gasteiger partial charge in [-0.05, 0) is 19.1 Å². The zero-order valence-corrected chi connectivity index (χ0v) is 9.41. The Morgan fingerprint density at radius 3 is 2.72 bits per heavy atom. The highest BCUT2D eigenvalue weighted by Crippen LogP contribution is 2.14. The van der Waals surface area contributed by atoms with Crippen molar-refractivity contribution < 1.29 is 19.4 Å². The van der Waals surface area contributed by atoms with Crippen molar-refractivity contribution in [2.75, 3.05) is 0 Å². The summed E-state index contributed by atoms with van der Waals surface area (Å²) in [5.41, 5.74) is 0.212. The molecule has 0 radical (unpaired) electrons. The van der Waals surface area contributed by atoms with Crippen molar-refractivity contribution in [2.24, 2.45) is 0 Å². The molecule has 2 rings (SSSR count). The average molecular weight is 251 g/mol. The largest absolute Gasteiger partial charge is 0.478 e. The molecule has 0 unspecified atom stereocenters. The van der Waals surface area contributed by atoms with E-state index < -0.39 is 23.5 Å². The molecule has 18 heavy (non-hydrogen) atoms. The van der Waals surface area contributed by atoms with E-state index in [1.54, 1.807) is 0 Å². The lowest BCUT2D eigenvalue weighted by atomic mass is 10.2. The van der Waals surface area contributed by atoms with Crippen LogP contribution >= 0.6 is 0 Å². The summed E-state index contributed by atoms with van der Waals surface area (Å²) in [5, 5.41) is 25.8. The van der Waals surface area contributed by atoms with Crippen LogP contribution in [-0.4, -0.2) is 31.2 Å². The van der Waals surface area contributed by atoms with Gasteiger partial charge in [0.05, 0.1) is 23.6 Å². The van der Waals surface area contributed by atoms with E-state index in [2.05, 4.69) is 10.2 Å². The van der Waals surface area contributed by atoms with Gasteiger partial charge in [0, 0.05) is 6.07 Å². The lowest BCUT2D eigenvalue weighted by molar-refractivity contribution is 0.0692. The fraction of sp³-hybridized carbons (Fsp3) is 0.182. The molecule has 0 aliphatic heterocycles. The standard InChI is InChI=1S/C11H10FN3O3/c1-6(16)10-5-13-15(14-10)7-2-3-8(11(17)18)9(12)4-7/h2-6,16H,1H3,(H,17,18)/t6-/m0/s1. The normalized spacial score (nSPS) is 12.4. The zero-order chi connectivity index (χ0) is 13.3. The Kier molecular flexibility index (Phi) is 3.07. The Balaban J connectivity index is 2.39. The van der Waals surface area contributed by atoms with Gasteiger partial charge in [-0.15, -0.1) is 0 Å². The topological polar surface area (TPSA) is 88.2 Å². The van der Waals surface area contributed by atoms with E-state index >= 15 is 0 Å². The molecule has 7 heteroatoms. The molecule has 0 aliphatic carbocycles. The van der Waals surface area contributed by atoms with Crippen LogP contribution in [-0.2, 0) is 0 Å². The minimum Gasteiger partial charge on any atom is -0.478 e. The smallest absolute Gasteiger partial charge is 0.338 e. The van der Waals surface area contributed by atoms with E-state index in [9.17, 15) is 14.3 Å². The molecule has 0 saturated carbocycles. The molecule has 1 aromatic heterocycles. The van der Waals surface area contributed by atoms with Crippen molar-refractivity contribution in [3.8, 4) is 5.69 Å². The highest BCUT2D eigenvalue weighted by molar-refractivity contribution is 5.88. The number of aromatic carboxylic acids is 1. The Morgan fingerprint density at radius 2 is 2.22 bits per heavy atom. The van der Waals surface area contributed by atoms with Gasteiger partial charge in [-0.25, -0.2) is 9.18 Å². The van der Waals surface area contributed by atoms with Crippen molar-refractivity contribution in [1.29, 1.82) is 0 Å². The first kappa shape index (κ1) is 12.2. The number of carboxylic acids is 1. The first-order chi connectivity index (χ1) is 8.49. The van der Waals surface area contributed by atoms with Gasteiger partial charge in [0.2, 0.25) is 0 Å². The second-order valence-electron chi connectivity index (χ2n) is 3.70. The quantitative estimate of drug-likeness (QED) is 0.854. The summed E-state index contributed by atoms with van der Waals surface area (Å²) in [6.07, 6.45) is 0.579. The molecule has 0 spiro atoms. The number of nitrogens with zero attached hydrogens (tertiary/aromatic N) is 3. The van der Waals surface area contributed by atoms with Gasteiger partial charge in [-0.2, -0.15) is 15.0 Å². The lowest BCUT2D eigenvalue weighted by Gasteiger charge is -2.02. The number of hydrogen-bond acceptors (Lipinski definition) is 4. The van der Waals surface area contributed by atoms with Gasteiger partial charge < -0.3 is 10.2 Å². The van der Waals surface area contributed by atoms with E-state index in [1.165, 1.54) is 19.2 Å². The van der Waals surface area contributed by atoms with Crippen LogP contribution in [0, 0.1) is 5.82 Å². The minimum absolute atomic E-state index is 0.282. The maximum atomic E-state index is 13.5. The second kappa shape index (κ2) is 4.53. The number of benzene rings is 1. The van der Waals surface area contributed by atoms with Crippen LogP contribution < -0.4 is 0 Å². The van der Waals surface area contributed by atoms with Gasteiger partial charge in [0.15, 0.2) is 0 Å². The van der Waals surface area contributed by atoms with Crippen LogP contribution in [0.3, 0.4) is 0 Å². The molecule has 0 saturated heterocycles. The number of rotatable bonds is 3. The number of aliphatic hydroxyl groups excluding tert-OH is 1. The molecular weight excluding hydrogens is 241 g/mol. The van der Waals surface area contributed by atoms with Crippen molar-refractivity contribution in [3.63, 3.8) is 0 Å². The Labute approximate surface area is 101 Å². The number of aromatic nitrogens is 3. The molecule has 0 amide bonds.